The molecule has 0 heterocycles. The van der Waals surface area contributed by atoms with E-state index in [1.165, 1.54) is 31.2 Å². The summed E-state index contributed by atoms with van der Waals surface area (Å²) >= 11 is 0. The molecule has 1 aliphatic carbocycles. The fraction of sp³-hybridized carbons (Fsp3) is 0.600. The van der Waals surface area contributed by atoms with Gasteiger partial charge in [0.15, 0.2) is 0 Å². The van der Waals surface area contributed by atoms with Gasteiger partial charge >= 0.3 is 0 Å². The van der Waals surface area contributed by atoms with E-state index in [9.17, 15) is 0 Å². The molecule has 0 amide bonds. The van der Waals surface area contributed by atoms with Crippen LogP contribution in [0.4, 0.5) is 0 Å². The van der Waals surface area contributed by atoms with E-state index in [0.29, 0.717) is 6.10 Å². The molecule has 2 atom stereocenters. The van der Waals surface area contributed by atoms with Crippen molar-refractivity contribution < 1.29 is 4.74 Å². The molecule has 1 aliphatic rings. The molecule has 0 aliphatic heterocycles. The number of benzene rings is 1. The van der Waals surface area contributed by atoms with E-state index in [2.05, 4.69) is 37.3 Å². The molecule has 16 heavy (non-hydrogen) atoms. The first-order valence-corrected chi connectivity index (χ1v) is 6.52. The Labute approximate surface area is 98.8 Å². The van der Waals surface area contributed by atoms with Gasteiger partial charge in [-0.3, -0.25) is 0 Å². The van der Waals surface area contributed by atoms with Gasteiger partial charge in [-0.25, -0.2) is 0 Å². The minimum absolute atomic E-state index is 0.512. The second-order valence-corrected chi connectivity index (χ2v) is 4.91. The molecule has 2 rings (SSSR count). The van der Waals surface area contributed by atoms with Gasteiger partial charge in [0, 0.05) is 0 Å². The van der Waals surface area contributed by atoms with Gasteiger partial charge in [-0.05, 0) is 30.7 Å². The first-order chi connectivity index (χ1) is 7.86. The molecule has 1 nitrogen and oxygen atoms in total. The fourth-order valence-electron chi connectivity index (χ4n) is 2.50. The molecule has 1 fully saturated rings. The summed E-state index contributed by atoms with van der Waals surface area (Å²) in [6.45, 7) is 3.20. The van der Waals surface area contributed by atoms with Crippen LogP contribution in [0.15, 0.2) is 30.3 Å². The van der Waals surface area contributed by atoms with E-state index < -0.39 is 0 Å². The van der Waals surface area contributed by atoms with Crippen LogP contribution in [0.5, 0.6) is 0 Å². The molecule has 0 saturated heterocycles. The van der Waals surface area contributed by atoms with Gasteiger partial charge in [-0.15, -0.1) is 0 Å². The second kappa shape index (κ2) is 6.05. The second-order valence-electron chi connectivity index (χ2n) is 4.91. The van der Waals surface area contributed by atoms with E-state index in [1.54, 1.807) is 0 Å². The summed E-state index contributed by atoms with van der Waals surface area (Å²) in [6.07, 6.45) is 6.90. The van der Waals surface area contributed by atoms with Gasteiger partial charge < -0.3 is 4.74 Å². The summed E-state index contributed by atoms with van der Waals surface area (Å²) in [5, 5.41) is 0. The van der Waals surface area contributed by atoms with Crippen LogP contribution in [0.25, 0.3) is 0 Å². The standard InChI is InChI=1S/C15H22O/c1-13-7-5-6-10-15(13)16-12-11-14-8-3-2-4-9-14/h2-4,8-9,13,15H,5-7,10-12H2,1H3/t13-,15+/m0/s1. The first-order valence-electron chi connectivity index (χ1n) is 6.52. The van der Waals surface area contributed by atoms with E-state index in [-0.39, 0.29) is 0 Å². The Morgan fingerprint density at radius 1 is 1.12 bits per heavy atom. The smallest absolute Gasteiger partial charge is 0.0600 e. The van der Waals surface area contributed by atoms with Crippen LogP contribution < -0.4 is 0 Å². The lowest BCUT2D eigenvalue weighted by atomic mass is 9.88. The van der Waals surface area contributed by atoms with Crippen molar-refractivity contribution in [3.05, 3.63) is 35.9 Å². The predicted molar refractivity (Wildman–Crippen MR) is 67.5 cm³/mol. The zero-order valence-electron chi connectivity index (χ0n) is 10.2. The van der Waals surface area contributed by atoms with Crippen molar-refractivity contribution >= 4 is 0 Å². The van der Waals surface area contributed by atoms with Crippen molar-refractivity contribution in [1.82, 2.24) is 0 Å². The van der Waals surface area contributed by atoms with Gasteiger partial charge in [0.25, 0.3) is 0 Å². The number of hydrogen-bond acceptors (Lipinski definition) is 1. The molecule has 1 aromatic carbocycles. The Kier molecular flexibility index (Phi) is 4.41. The topological polar surface area (TPSA) is 9.23 Å². The summed E-state index contributed by atoms with van der Waals surface area (Å²) in [5.74, 6) is 0.754. The van der Waals surface area contributed by atoms with Gasteiger partial charge in [-0.1, -0.05) is 50.1 Å². The van der Waals surface area contributed by atoms with Crippen molar-refractivity contribution in [3.8, 4) is 0 Å². The third-order valence-corrected chi connectivity index (χ3v) is 3.60. The average Bonchev–Trinajstić information content (AvgIpc) is 2.33. The number of hydrogen-bond donors (Lipinski definition) is 0. The molecule has 1 heteroatoms. The Morgan fingerprint density at radius 2 is 1.88 bits per heavy atom. The monoisotopic (exact) mass is 218 g/mol. The van der Waals surface area contributed by atoms with Crippen molar-refractivity contribution in [2.75, 3.05) is 6.61 Å². The maximum Gasteiger partial charge on any atom is 0.0600 e. The molecule has 0 radical (unpaired) electrons. The fourth-order valence-corrected chi connectivity index (χ4v) is 2.50. The molecular formula is C15H22O. The minimum atomic E-state index is 0.512. The maximum absolute atomic E-state index is 6.00. The summed E-state index contributed by atoms with van der Waals surface area (Å²) in [4.78, 5) is 0. The van der Waals surface area contributed by atoms with E-state index in [0.717, 1.165) is 18.9 Å². The first kappa shape index (κ1) is 11.7. The molecule has 1 saturated carbocycles. The summed E-state index contributed by atoms with van der Waals surface area (Å²) in [5.41, 5.74) is 1.38. The van der Waals surface area contributed by atoms with E-state index in [4.69, 9.17) is 4.74 Å². The zero-order valence-corrected chi connectivity index (χ0v) is 10.2. The van der Waals surface area contributed by atoms with Crippen LogP contribution in [-0.4, -0.2) is 12.7 Å². The van der Waals surface area contributed by atoms with Crippen LogP contribution >= 0.6 is 0 Å². The van der Waals surface area contributed by atoms with Gasteiger partial charge in [0.05, 0.1) is 12.7 Å². The molecule has 0 aromatic heterocycles. The van der Waals surface area contributed by atoms with Crippen LogP contribution in [0, 0.1) is 5.92 Å². The van der Waals surface area contributed by atoms with Crippen LogP contribution in [-0.2, 0) is 11.2 Å². The van der Waals surface area contributed by atoms with Crippen molar-refractivity contribution in [2.45, 2.75) is 45.1 Å². The summed E-state index contributed by atoms with van der Waals surface area (Å²) < 4.78 is 6.00. The van der Waals surface area contributed by atoms with E-state index in [1.807, 2.05) is 0 Å². The quantitative estimate of drug-likeness (QED) is 0.746. The van der Waals surface area contributed by atoms with E-state index >= 15 is 0 Å². The highest BCUT2D eigenvalue weighted by Gasteiger charge is 2.21. The van der Waals surface area contributed by atoms with Crippen molar-refractivity contribution in [3.63, 3.8) is 0 Å². The highest BCUT2D eigenvalue weighted by Crippen LogP contribution is 2.26. The number of rotatable bonds is 4. The Hall–Kier alpha value is -0.820. The third kappa shape index (κ3) is 3.34. The van der Waals surface area contributed by atoms with Gasteiger partial charge in [-0.2, -0.15) is 0 Å². The van der Waals surface area contributed by atoms with Crippen LogP contribution in [0.3, 0.4) is 0 Å². The Bertz CT molecular complexity index is 294. The summed E-state index contributed by atoms with van der Waals surface area (Å²) in [6, 6.07) is 10.6. The largest absolute Gasteiger partial charge is 0.378 e. The zero-order chi connectivity index (χ0) is 11.2. The van der Waals surface area contributed by atoms with Crippen LogP contribution in [0.1, 0.15) is 38.2 Å². The maximum atomic E-state index is 6.00. The molecular weight excluding hydrogens is 196 g/mol. The normalized spacial score (nSPS) is 25.6. The van der Waals surface area contributed by atoms with Crippen LogP contribution in [0.2, 0.25) is 0 Å². The Balaban J connectivity index is 1.71. The molecule has 0 N–H and O–H groups in total. The van der Waals surface area contributed by atoms with Crippen molar-refractivity contribution in [2.24, 2.45) is 5.92 Å². The lowest BCUT2D eigenvalue weighted by molar-refractivity contribution is -0.00333. The molecule has 0 bridgehead atoms. The SMILES string of the molecule is C[C@H]1CCCC[C@H]1OCCc1ccccc1. The predicted octanol–water partition coefficient (Wildman–Crippen LogP) is 3.82. The minimum Gasteiger partial charge on any atom is -0.378 e. The lowest BCUT2D eigenvalue weighted by Gasteiger charge is -2.28. The highest BCUT2D eigenvalue weighted by atomic mass is 16.5. The number of ether oxygens (including phenoxy) is 1. The third-order valence-electron chi connectivity index (χ3n) is 3.60. The average molecular weight is 218 g/mol. The Morgan fingerprint density at radius 3 is 2.62 bits per heavy atom. The van der Waals surface area contributed by atoms with Gasteiger partial charge in [0.1, 0.15) is 0 Å². The van der Waals surface area contributed by atoms with Gasteiger partial charge in [0.2, 0.25) is 0 Å². The van der Waals surface area contributed by atoms with Crippen molar-refractivity contribution in [1.29, 1.82) is 0 Å². The lowest BCUT2D eigenvalue weighted by Crippen LogP contribution is -2.26. The molecule has 0 spiro atoms. The molecule has 1 aromatic rings. The summed E-state index contributed by atoms with van der Waals surface area (Å²) in [7, 11) is 0. The highest BCUT2D eigenvalue weighted by molar-refractivity contribution is 5.14. The molecule has 88 valence electrons. The molecule has 0 unspecified atom stereocenters.